The fraction of sp³-hybridized carbons (Fsp3) is 0. The Morgan fingerprint density at radius 2 is 0.600 bits per heavy atom. The van der Waals surface area contributed by atoms with Crippen LogP contribution in [0.4, 0.5) is 0 Å². The van der Waals surface area contributed by atoms with Gasteiger partial charge >= 0.3 is 0 Å². The molecule has 38 valence electrons. The predicted octanol–water partition coefficient (Wildman–Crippen LogP) is 0.712. The molecule has 0 spiro atoms. The van der Waals surface area contributed by atoms with E-state index in [1.807, 2.05) is 0 Å². The second-order valence-corrected chi connectivity index (χ2v) is 0. The molecule has 0 radical (unpaired) electrons. The maximum absolute atomic E-state index is 0. The van der Waals surface area contributed by atoms with Gasteiger partial charge in [-0.3, -0.25) is 0 Å². The molecule has 0 rings (SSSR count). The van der Waals surface area contributed by atoms with Crippen LogP contribution in [0.25, 0.3) is 0 Å². The molecule has 0 aliphatic heterocycles. The molecule has 0 aromatic heterocycles. The summed E-state index contributed by atoms with van der Waals surface area (Å²) in [6.07, 6.45) is 0. The highest BCUT2D eigenvalue weighted by molar-refractivity contribution is 8.93. The zero-order valence-corrected chi connectivity index (χ0v) is 7.07. The third kappa shape index (κ3) is 30.6. The molecule has 0 unspecified atom stereocenters. The Labute approximate surface area is 65.4 Å². The molecular formula is H9BBr3N. The molecule has 0 aromatic carbocycles. The van der Waals surface area contributed by atoms with Crippen LogP contribution in [0.3, 0.4) is 0 Å². The molecule has 0 aliphatic carbocycles. The Morgan fingerprint density at radius 1 is 0.600 bits per heavy atom. The summed E-state index contributed by atoms with van der Waals surface area (Å²) in [5.41, 5.74) is 0. The van der Waals surface area contributed by atoms with Crippen molar-refractivity contribution in [3.8, 4) is 0 Å². The van der Waals surface area contributed by atoms with E-state index >= 15 is 0 Å². The van der Waals surface area contributed by atoms with Crippen LogP contribution in [0.2, 0.25) is 0 Å². The van der Waals surface area contributed by atoms with Gasteiger partial charge < -0.3 is 6.15 Å². The summed E-state index contributed by atoms with van der Waals surface area (Å²) >= 11 is 0. The number of halogens is 3. The standard InChI is InChI=1S/BH3.3BrH.H3N/h1H3;3*1H;1H3. The molecule has 0 aromatic rings. The summed E-state index contributed by atoms with van der Waals surface area (Å²) in [6, 6.07) is 0. The van der Waals surface area contributed by atoms with Gasteiger partial charge in [0.2, 0.25) is 0 Å². The highest BCUT2D eigenvalue weighted by Crippen LogP contribution is 0.848. The smallest absolute Gasteiger partial charge is 0.0814 e. The van der Waals surface area contributed by atoms with E-state index in [1.54, 1.807) is 0 Å². The zero-order chi connectivity index (χ0) is 0. The Kier molecular flexibility index (Phi) is 913. The quantitative estimate of drug-likeness (QED) is 0.648. The average Bonchev–Trinajstić information content (AvgIpc) is 0. The molecule has 5 heteroatoms. The average molecular weight is 274 g/mol. The maximum Gasteiger partial charge on any atom is 0.0814 e. The maximum atomic E-state index is 0. The third-order valence-electron chi connectivity index (χ3n) is 0. The summed E-state index contributed by atoms with van der Waals surface area (Å²) in [5.74, 6) is 0. The van der Waals surface area contributed by atoms with Crippen LogP contribution in [-0.4, -0.2) is 8.41 Å². The SMILES string of the molecule is B.Br.Br.Br.N. The van der Waals surface area contributed by atoms with Crippen LogP contribution in [-0.2, 0) is 0 Å². The lowest BCUT2D eigenvalue weighted by Crippen LogP contribution is -0.481. The molecule has 0 aliphatic rings. The molecule has 0 saturated carbocycles. The van der Waals surface area contributed by atoms with Crippen LogP contribution < -0.4 is 6.15 Å². The summed E-state index contributed by atoms with van der Waals surface area (Å²) < 4.78 is 0. The molecule has 0 bridgehead atoms. The van der Waals surface area contributed by atoms with E-state index in [1.165, 1.54) is 0 Å². The van der Waals surface area contributed by atoms with Gasteiger partial charge in [0.05, 0.1) is 8.41 Å². The van der Waals surface area contributed by atoms with Crippen LogP contribution in [0.1, 0.15) is 0 Å². The fourth-order valence-electron chi connectivity index (χ4n) is 0. The summed E-state index contributed by atoms with van der Waals surface area (Å²) in [6.45, 7) is 0. The van der Waals surface area contributed by atoms with Gasteiger partial charge in [-0.05, 0) is 0 Å². The lowest BCUT2D eigenvalue weighted by molar-refractivity contribution is 2.13. The van der Waals surface area contributed by atoms with Gasteiger partial charge in [0.15, 0.2) is 0 Å². The first-order valence-electron chi connectivity index (χ1n) is 0. The van der Waals surface area contributed by atoms with Crippen molar-refractivity contribution in [1.29, 1.82) is 0 Å². The van der Waals surface area contributed by atoms with Crippen molar-refractivity contribution in [3.05, 3.63) is 0 Å². The molecule has 3 N–H and O–H groups in total. The topological polar surface area (TPSA) is 35.0 Å². The fourth-order valence-corrected chi connectivity index (χ4v) is 0. The van der Waals surface area contributed by atoms with Gasteiger partial charge in [-0.15, -0.1) is 50.9 Å². The van der Waals surface area contributed by atoms with Gasteiger partial charge in [-0.2, -0.15) is 0 Å². The minimum absolute atomic E-state index is 0. The Balaban J connectivity index is 0. The number of hydrogen-bond acceptors (Lipinski definition) is 1. The van der Waals surface area contributed by atoms with E-state index in [4.69, 9.17) is 0 Å². The van der Waals surface area contributed by atoms with Crippen molar-refractivity contribution in [2.75, 3.05) is 0 Å². The number of hydrogen-bond donors (Lipinski definition) is 1. The molecule has 1 nitrogen and oxygen atoms in total. The number of rotatable bonds is 0. The lowest BCUT2D eigenvalue weighted by atomic mass is 10.8. The van der Waals surface area contributed by atoms with Crippen molar-refractivity contribution in [2.24, 2.45) is 0 Å². The minimum atomic E-state index is 0. The second kappa shape index (κ2) is 50.8. The first kappa shape index (κ1) is 90.0. The van der Waals surface area contributed by atoms with Crippen molar-refractivity contribution >= 4 is 59.4 Å². The van der Waals surface area contributed by atoms with Crippen LogP contribution in [0.5, 0.6) is 0 Å². The van der Waals surface area contributed by atoms with Crippen LogP contribution in [0.15, 0.2) is 0 Å². The van der Waals surface area contributed by atoms with E-state index in [0.717, 1.165) is 0 Å². The molecule has 0 atom stereocenters. The largest absolute Gasteiger partial charge is 0.344 e. The van der Waals surface area contributed by atoms with E-state index in [0.29, 0.717) is 0 Å². The van der Waals surface area contributed by atoms with Gasteiger partial charge in [-0.25, -0.2) is 0 Å². The molecule has 0 heterocycles. The van der Waals surface area contributed by atoms with Crippen molar-refractivity contribution in [3.63, 3.8) is 0 Å². The molecule has 0 saturated heterocycles. The highest BCUT2D eigenvalue weighted by atomic mass is 79.9. The van der Waals surface area contributed by atoms with E-state index in [-0.39, 0.29) is 65.5 Å². The van der Waals surface area contributed by atoms with Gasteiger partial charge in [0.25, 0.3) is 0 Å². The first-order valence-corrected chi connectivity index (χ1v) is 0. The van der Waals surface area contributed by atoms with Crippen molar-refractivity contribution < 1.29 is 0 Å². The van der Waals surface area contributed by atoms with Gasteiger partial charge in [0.1, 0.15) is 0 Å². The second-order valence-electron chi connectivity index (χ2n) is 0. The minimum Gasteiger partial charge on any atom is -0.344 e. The molecule has 0 amide bonds. The van der Waals surface area contributed by atoms with Gasteiger partial charge in [0, 0.05) is 0 Å². The summed E-state index contributed by atoms with van der Waals surface area (Å²) in [5, 5.41) is 0. The lowest BCUT2D eigenvalue weighted by Gasteiger charge is -0.344. The first-order chi connectivity index (χ1) is 0. The monoisotopic (exact) mass is 271 g/mol. The van der Waals surface area contributed by atoms with Crippen molar-refractivity contribution in [2.45, 2.75) is 0 Å². The predicted molar refractivity (Wildman–Crippen MR) is 45.9 cm³/mol. The van der Waals surface area contributed by atoms with Crippen molar-refractivity contribution in [1.82, 2.24) is 6.15 Å². The van der Waals surface area contributed by atoms with E-state index in [2.05, 4.69) is 0 Å². The zero-order valence-electron chi connectivity index (χ0n) is 1.93. The Morgan fingerprint density at radius 3 is 0.600 bits per heavy atom. The Bertz CT molecular complexity index is 6.85. The van der Waals surface area contributed by atoms with Gasteiger partial charge in [-0.1, -0.05) is 0 Å². The highest BCUT2D eigenvalue weighted by Gasteiger charge is 0.0814. The molecule has 0 fully saturated rings. The Hall–Kier alpha value is 1.46. The normalized spacial score (nSPS) is 0. The molecular weight excluding hydrogens is 265 g/mol. The molecule has 5 heavy (non-hydrogen) atoms. The summed E-state index contributed by atoms with van der Waals surface area (Å²) in [7, 11) is 0. The summed E-state index contributed by atoms with van der Waals surface area (Å²) in [4.78, 5) is 0. The third-order valence-corrected chi connectivity index (χ3v) is 0. The van der Waals surface area contributed by atoms with E-state index in [9.17, 15) is 0 Å². The van der Waals surface area contributed by atoms with Crippen LogP contribution in [0, 0.1) is 0 Å². The van der Waals surface area contributed by atoms with E-state index < -0.39 is 0 Å². The van der Waals surface area contributed by atoms with Crippen LogP contribution >= 0.6 is 50.9 Å².